The van der Waals surface area contributed by atoms with Crippen molar-refractivity contribution >= 4 is 39.1 Å². The lowest BCUT2D eigenvalue weighted by molar-refractivity contribution is 0.0729. The number of morpholine rings is 1. The average molecular weight is 461 g/mol. The molecule has 1 N–H and O–H groups in total. The summed E-state index contributed by atoms with van der Waals surface area (Å²) < 4.78 is 46.1. The molecule has 1 atom stereocenters. The van der Waals surface area contributed by atoms with E-state index in [1.807, 2.05) is 0 Å². The van der Waals surface area contributed by atoms with Gasteiger partial charge in [-0.15, -0.1) is 0 Å². The molecule has 3 rings (SSSR count). The second kappa shape index (κ2) is 8.97. The Hall–Kier alpha value is -1.71. The smallest absolute Gasteiger partial charge is 0.251 e. The molecule has 1 fully saturated rings. The zero-order valence-corrected chi connectivity index (χ0v) is 17.8. The number of sulfonamides is 1. The predicted octanol–water partition coefficient (Wildman–Crippen LogP) is 3.64. The second-order valence-electron chi connectivity index (χ2n) is 6.53. The summed E-state index contributed by atoms with van der Waals surface area (Å²) in [5, 5.41) is 3.49. The van der Waals surface area contributed by atoms with Crippen molar-refractivity contribution in [2.45, 2.75) is 17.9 Å². The molecule has 1 amide bonds. The van der Waals surface area contributed by atoms with Crippen LogP contribution < -0.4 is 5.32 Å². The van der Waals surface area contributed by atoms with Gasteiger partial charge in [0.15, 0.2) is 0 Å². The summed E-state index contributed by atoms with van der Waals surface area (Å²) in [4.78, 5) is 12.1. The Kier molecular flexibility index (Phi) is 6.80. The van der Waals surface area contributed by atoms with Gasteiger partial charge in [0.1, 0.15) is 10.7 Å². The van der Waals surface area contributed by atoms with Crippen LogP contribution in [0.3, 0.4) is 0 Å². The number of carbonyl (C=O) groups is 1. The van der Waals surface area contributed by atoms with Gasteiger partial charge < -0.3 is 10.1 Å². The lowest BCUT2D eigenvalue weighted by atomic mass is 10.1. The number of halogens is 3. The maximum atomic E-state index is 14.3. The molecule has 1 unspecified atom stereocenters. The number of hydrogen-bond acceptors (Lipinski definition) is 4. The van der Waals surface area contributed by atoms with Gasteiger partial charge in [-0.3, -0.25) is 4.79 Å². The van der Waals surface area contributed by atoms with Gasteiger partial charge in [-0.1, -0.05) is 29.3 Å². The normalized spacial score (nSPS) is 16.4. The first kappa shape index (κ1) is 22.0. The van der Waals surface area contributed by atoms with E-state index in [9.17, 15) is 17.6 Å². The van der Waals surface area contributed by atoms with Crippen LogP contribution >= 0.6 is 23.2 Å². The van der Waals surface area contributed by atoms with Gasteiger partial charge >= 0.3 is 0 Å². The highest BCUT2D eigenvalue weighted by Gasteiger charge is 2.30. The summed E-state index contributed by atoms with van der Waals surface area (Å²) in [7, 11) is -4.07. The maximum Gasteiger partial charge on any atom is 0.251 e. The summed E-state index contributed by atoms with van der Waals surface area (Å²) in [6.07, 6.45) is 0. The van der Waals surface area contributed by atoms with Gasteiger partial charge in [-0.05, 0) is 42.8 Å². The van der Waals surface area contributed by atoms with E-state index in [0.717, 1.165) is 22.0 Å². The summed E-state index contributed by atoms with van der Waals surface area (Å²) in [6, 6.07) is 7.81. The summed E-state index contributed by atoms with van der Waals surface area (Å²) in [5.41, 5.74) is 0.751. The highest BCUT2D eigenvalue weighted by Crippen LogP contribution is 2.26. The molecule has 156 valence electrons. The maximum absolute atomic E-state index is 14.3. The molecule has 1 saturated heterocycles. The van der Waals surface area contributed by atoms with Gasteiger partial charge in [-0.2, -0.15) is 4.31 Å². The second-order valence-corrected chi connectivity index (χ2v) is 9.25. The van der Waals surface area contributed by atoms with E-state index in [0.29, 0.717) is 10.0 Å². The summed E-state index contributed by atoms with van der Waals surface area (Å²) in [5.74, 6) is -1.45. The van der Waals surface area contributed by atoms with E-state index in [2.05, 4.69) is 5.32 Å². The lowest BCUT2D eigenvalue weighted by Gasteiger charge is -2.26. The Morgan fingerprint density at radius 3 is 2.48 bits per heavy atom. The molecular formula is C19H19Cl2FN2O4S. The van der Waals surface area contributed by atoms with Crippen LogP contribution in [0.5, 0.6) is 0 Å². The Morgan fingerprint density at radius 1 is 1.14 bits per heavy atom. The van der Waals surface area contributed by atoms with Crippen molar-refractivity contribution in [2.24, 2.45) is 0 Å². The molecule has 0 radical (unpaired) electrons. The highest BCUT2D eigenvalue weighted by atomic mass is 35.5. The minimum atomic E-state index is -4.07. The van der Waals surface area contributed by atoms with E-state index in [1.165, 1.54) is 6.07 Å². The molecular weight excluding hydrogens is 442 g/mol. The van der Waals surface area contributed by atoms with Gasteiger partial charge in [0, 0.05) is 18.7 Å². The largest absolute Gasteiger partial charge is 0.379 e. The van der Waals surface area contributed by atoms with Crippen molar-refractivity contribution in [3.05, 3.63) is 63.4 Å². The molecule has 0 spiro atoms. The van der Waals surface area contributed by atoms with E-state index in [4.69, 9.17) is 27.9 Å². The van der Waals surface area contributed by atoms with Crippen LogP contribution in [0.25, 0.3) is 0 Å². The lowest BCUT2D eigenvalue weighted by Crippen LogP contribution is -2.41. The molecule has 0 aromatic heterocycles. The molecule has 29 heavy (non-hydrogen) atoms. The topological polar surface area (TPSA) is 75.7 Å². The molecule has 2 aromatic carbocycles. The fourth-order valence-corrected chi connectivity index (χ4v) is 4.72. The fourth-order valence-electron chi connectivity index (χ4n) is 2.91. The molecule has 1 heterocycles. The zero-order valence-electron chi connectivity index (χ0n) is 15.5. The molecule has 1 aliphatic heterocycles. The van der Waals surface area contributed by atoms with E-state index in [1.54, 1.807) is 25.1 Å². The Balaban J connectivity index is 1.82. The standard InChI is InChI=1S/C19H19Cl2FN2O4S/c1-12(13-2-4-15(20)16(21)10-13)23-19(25)14-3-5-17(22)18(11-14)29(26,27)24-6-8-28-9-7-24/h2-5,10-12H,6-9H2,1H3,(H,23,25). The predicted molar refractivity (Wildman–Crippen MR) is 108 cm³/mol. The molecule has 1 aliphatic rings. The molecule has 0 aliphatic carbocycles. The number of amides is 1. The molecule has 0 saturated carbocycles. The third kappa shape index (κ3) is 4.90. The number of rotatable bonds is 5. The van der Waals surface area contributed by atoms with Gasteiger partial charge in [0.05, 0.1) is 29.3 Å². The van der Waals surface area contributed by atoms with Crippen molar-refractivity contribution in [3.8, 4) is 0 Å². The fraction of sp³-hybridized carbons (Fsp3) is 0.316. The molecule has 6 nitrogen and oxygen atoms in total. The van der Waals surface area contributed by atoms with Crippen LogP contribution in [0, 0.1) is 5.82 Å². The quantitative estimate of drug-likeness (QED) is 0.738. The minimum absolute atomic E-state index is 0.0325. The first-order valence-corrected chi connectivity index (χ1v) is 11.0. The SMILES string of the molecule is CC(NC(=O)c1ccc(F)c(S(=O)(=O)N2CCOCC2)c1)c1ccc(Cl)c(Cl)c1. The number of nitrogens with zero attached hydrogens (tertiary/aromatic N) is 1. The number of ether oxygens (including phenoxy) is 1. The minimum Gasteiger partial charge on any atom is -0.379 e. The van der Waals surface area contributed by atoms with Crippen LogP contribution in [0.15, 0.2) is 41.3 Å². The van der Waals surface area contributed by atoms with Gasteiger partial charge in [-0.25, -0.2) is 12.8 Å². The molecule has 2 aromatic rings. The molecule has 0 bridgehead atoms. The van der Waals surface area contributed by atoms with E-state index >= 15 is 0 Å². The highest BCUT2D eigenvalue weighted by molar-refractivity contribution is 7.89. The van der Waals surface area contributed by atoms with Crippen molar-refractivity contribution in [1.82, 2.24) is 9.62 Å². The van der Waals surface area contributed by atoms with Crippen molar-refractivity contribution in [1.29, 1.82) is 0 Å². The van der Waals surface area contributed by atoms with Crippen molar-refractivity contribution in [3.63, 3.8) is 0 Å². The number of nitrogens with one attached hydrogen (secondary N) is 1. The summed E-state index contributed by atoms with van der Waals surface area (Å²) >= 11 is 11.9. The third-order valence-corrected chi connectivity index (χ3v) is 7.23. The van der Waals surface area contributed by atoms with Crippen LogP contribution in [0.1, 0.15) is 28.9 Å². The van der Waals surface area contributed by atoms with Crippen LogP contribution in [-0.4, -0.2) is 44.9 Å². The third-order valence-electron chi connectivity index (χ3n) is 4.57. The van der Waals surface area contributed by atoms with Crippen molar-refractivity contribution < 1.29 is 22.3 Å². The van der Waals surface area contributed by atoms with Crippen LogP contribution in [0.2, 0.25) is 10.0 Å². The van der Waals surface area contributed by atoms with Crippen LogP contribution in [0.4, 0.5) is 4.39 Å². The van der Waals surface area contributed by atoms with E-state index < -0.39 is 32.7 Å². The van der Waals surface area contributed by atoms with Crippen LogP contribution in [-0.2, 0) is 14.8 Å². The average Bonchev–Trinajstić information content (AvgIpc) is 2.70. The summed E-state index contributed by atoms with van der Waals surface area (Å²) in [6.45, 7) is 2.48. The van der Waals surface area contributed by atoms with Gasteiger partial charge in [0.2, 0.25) is 10.0 Å². The van der Waals surface area contributed by atoms with Crippen molar-refractivity contribution in [2.75, 3.05) is 26.3 Å². The first-order chi connectivity index (χ1) is 13.7. The zero-order chi connectivity index (χ0) is 21.2. The Morgan fingerprint density at radius 2 is 1.83 bits per heavy atom. The first-order valence-electron chi connectivity index (χ1n) is 8.83. The molecule has 10 heteroatoms. The van der Waals surface area contributed by atoms with E-state index in [-0.39, 0.29) is 31.9 Å². The monoisotopic (exact) mass is 460 g/mol. The number of hydrogen-bond donors (Lipinski definition) is 1. The number of carbonyl (C=O) groups excluding carboxylic acids is 1. The number of benzene rings is 2. The van der Waals surface area contributed by atoms with Gasteiger partial charge in [0.25, 0.3) is 5.91 Å². The Bertz CT molecular complexity index is 1030. The Labute approximate surface area is 178 Å².